The van der Waals surface area contributed by atoms with Gasteiger partial charge in [0.15, 0.2) is 0 Å². The van der Waals surface area contributed by atoms with Gasteiger partial charge in [0.25, 0.3) is 0 Å². The number of hydrogen-bond donors (Lipinski definition) is 0. The van der Waals surface area contributed by atoms with Crippen molar-refractivity contribution in [3.63, 3.8) is 0 Å². The van der Waals surface area contributed by atoms with Crippen molar-refractivity contribution in [2.75, 3.05) is 13.6 Å². The third-order valence-corrected chi connectivity index (χ3v) is 2.22. The molecule has 4 heteroatoms. The molecule has 1 aromatic rings. The van der Waals surface area contributed by atoms with E-state index in [2.05, 4.69) is 0 Å². The van der Waals surface area contributed by atoms with E-state index in [0.717, 1.165) is 0 Å². The third kappa shape index (κ3) is 3.34. The fraction of sp³-hybridized carbons (Fsp3) is 0.333. The quantitative estimate of drug-likeness (QED) is 0.775. The molecule has 0 saturated carbocycles. The zero-order valence-electron chi connectivity index (χ0n) is 9.07. The smallest absolute Gasteiger partial charge is 0.127 e. The van der Waals surface area contributed by atoms with Crippen molar-refractivity contribution >= 4 is 0 Å². The van der Waals surface area contributed by atoms with Crippen molar-refractivity contribution in [1.29, 1.82) is 10.5 Å². The molecular weight excluding hydrogens is 205 g/mol. The van der Waals surface area contributed by atoms with E-state index in [9.17, 15) is 4.39 Å². The minimum Gasteiger partial charge on any atom is -0.301 e. The van der Waals surface area contributed by atoms with E-state index in [1.165, 1.54) is 18.2 Å². The Balaban J connectivity index is 2.73. The van der Waals surface area contributed by atoms with Crippen molar-refractivity contribution in [3.8, 4) is 12.1 Å². The van der Waals surface area contributed by atoms with Crippen molar-refractivity contribution in [2.45, 2.75) is 13.0 Å². The molecular formula is C12H12FN3. The molecule has 0 bridgehead atoms. The first-order chi connectivity index (χ1) is 7.67. The molecule has 82 valence electrons. The van der Waals surface area contributed by atoms with Gasteiger partial charge in [-0.05, 0) is 25.2 Å². The summed E-state index contributed by atoms with van der Waals surface area (Å²) >= 11 is 0. The zero-order chi connectivity index (χ0) is 12.0. The van der Waals surface area contributed by atoms with E-state index in [-0.39, 0.29) is 5.82 Å². The topological polar surface area (TPSA) is 50.8 Å². The van der Waals surface area contributed by atoms with Crippen molar-refractivity contribution in [3.05, 3.63) is 35.1 Å². The average molecular weight is 217 g/mol. The maximum atomic E-state index is 13.4. The summed E-state index contributed by atoms with van der Waals surface area (Å²) in [6, 6.07) is 8.30. The minimum absolute atomic E-state index is 0.317. The Labute approximate surface area is 94.3 Å². The van der Waals surface area contributed by atoms with Crippen LogP contribution in [0, 0.1) is 28.5 Å². The molecule has 0 spiro atoms. The highest BCUT2D eigenvalue weighted by molar-refractivity contribution is 5.33. The van der Waals surface area contributed by atoms with Crippen LogP contribution in [0.1, 0.15) is 17.5 Å². The Morgan fingerprint density at radius 3 is 2.75 bits per heavy atom. The highest BCUT2D eigenvalue weighted by Gasteiger charge is 2.06. The van der Waals surface area contributed by atoms with Gasteiger partial charge in [0.2, 0.25) is 0 Å². The number of benzene rings is 1. The molecule has 0 unspecified atom stereocenters. The monoisotopic (exact) mass is 217 g/mol. The summed E-state index contributed by atoms with van der Waals surface area (Å²) < 4.78 is 13.4. The zero-order valence-corrected chi connectivity index (χ0v) is 9.07. The molecule has 1 aromatic carbocycles. The van der Waals surface area contributed by atoms with Crippen molar-refractivity contribution in [1.82, 2.24) is 4.90 Å². The van der Waals surface area contributed by atoms with E-state index in [4.69, 9.17) is 10.5 Å². The van der Waals surface area contributed by atoms with Gasteiger partial charge in [0.1, 0.15) is 5.82 Å². The van der Waals surface area contributed by atoms with E-state index >= 15 is 0 Å². The fourth-order valence-corrected chi connectivity index (χ4v) is 1.38. The first-order valence-electron chi connectivity index (χ1n) is 4.91. The molecule has 0 fully saturated rings. The maximum Gasteiger partial charge on any atom is 0.127 e. The molecule has 3 nitrogen and oxygen atoms in total. The van der Waals surface area contributed by atoms with Gasteiger partial charge in [-0.15, -0.1) is 0 Å². The van der Waals surface area contributed by atoms with Gasteiger partial charge in [-0.1, -0.05) is 0 Å². The van der Waals surface area contributed by atoms with Crippen LogP contribution in [0.25, 0.3) is 0 Å². The number of nitrogens with zero attached hydrogens (tertiary/aromatic N) is 3. The molecule has 1 rings (SSSR count). The number of nitriles is 2. The highest BCUT2D eigenvalue weighted by Crippen LogP contribution is 2.12. The summed E-state index contributed by atoms with van der Waals surface area (Å²) in [4.78, 5) is 1.85. The van der Waals surface area contributed by atoms with E-state index < -0.39 is 0 Å². The molecule has 0 aromatic heterocycles. The molecule has 0 N–H and O–H groups in total. The summed E-state index contributed by atoms with van der Waals surface area (Å²) in [6.45, 7) is 0.996. The van der Waals surface area contributed by atoms with Gasteiger partial charge >= 0.3 is 0 Å². The second-order valence-electron chi connectivity index (χ2n) is 3.56. The summed E-state index contributed by atoms with van der Waals surface area (Å²) in [5.74, 6) is -0.317. The van der Waals surface area contributed by atoms with E-state index in [1.807, 2.05) is 24.1 Å². The molecule has 0 saturated heterocycles. The normalized spacial score (nSPS) is 9.81. The number of hydrogen-bond acceptors (Lipinski definition) is 3. The van der Waals surface area contributed by atoms with E-state index in [1.54, 1.807) is 0 Å². The minimum atomic E-state index is -0.317. The van der Waals surface area contributed by atoms with Gasteiger partial charge < -0.3 is 4.90 Å². The van der Waals surface area contributed by atoms with Gasteiger partial charge in [-0.3, -0.25) is 0 Å². The van der Waals surface area contributed by atoms with Crippen LogP contribution in [0.5, 0.6) is 0 Å². The predicted octanol–water partition coefficient (Wildman–Crippen LogP) is 2.04. The lowest BCUT2D eigenvalue weighted by molar-refractivity contribution is 0.329. The van der Waals surface area contributed by atoms with Crippen LogP contribution in [0.4, 0.5) is 4.39 Å². The van der Waals surface area contributed by atoms with E-state index in [0.29, 0.717) is 30.6 Å². The second-order valence-corrected chi connectivity index (χ2v) is 3.56. The standard InChI is InChI=1S/C12H12FN3/c1-16(6-2-5-14)9-11-7-10(8-15)3-4-12(11)13/h3-4,7H,2,6,9H2,1H3. The summed E-state index contributed by atoms with van der Waals surface area (Å²) in [5.41, 5.74) is 0.935. The van der Waals surface area contributed by atoms with Crippen molar-refractivity contribution < 1.29 is 4.39 Å². The van der Waals surface area contributed by atoms with Crippen LogP contribution in [0.3, 0.4) is 0 Å². The highest BCUT2D eigenvalue weighted by atomic mass is 19.1. The molecule has 0 atom stereocenters. The van der Waals surface area contributed by atoms with Crippen LogP contribution in [0.15, 0.2) is 18.2 Å². The largest absolute Gasteiger partial charge is 0.301 e. The molecule has 0 amide bonds. The SMILES string of the molecule is CN(CCC#N)Cc1cc(C#N)ccc1F. The van der Waals surface area contributed by atoms with Crippen LogP contribution < -0.4 is 0 Å². The van der Waals surface area contributed by atoms with Crippen LogP contribution in [-0.2, 0) is 6.54 Å². The Morgan fingerprint density at radius 2 is 2.12 bits per heavy atom. The Morgan fingerprint density at radius 1 is 1.38 bits per heavy atom. The first kappa shape index (κ1) is 12.2. The Kier molecular flexibility index (Phi) is 4.44. The lowest BCUT2D eigenvalue weighted by Gasteiger charge is -2.15. The number of halogens is 1. The second kappa shape index (κ2) is 5.85. The average Bonchev–Trinajstić information content (AvgIpc) is 2.29. The molecule has 0 aliphatic rings. The fourth-order valence-electron chi connectivity index (χ4n) is 1.38. The van der Waals surface area contributed by atoms with Gasteiger partial charge in [0.05, 0.1) is 17.7 Å². The third-order valence-electron chi connectivity index (χ3n) is 2.22. The lowest BCUT2D eigenvalue weighted by Crippen LogP contribution is -2.19. The first-order valence-corrected chi connectivity index (χ1v) is 4.91. The molecule has 0 aliphatic carbocycles. The maximum absolute atomic E-state index is 13.4. The summed E-state index contributed by atoms with van der Waals surface area (Å²) in [5, 5.41) is 17.1. The number of rotatable bonds is 4. The summed E-state index contributed by atoms with van der Waals surface area (Å²) in [6.07, 6.45) is 0.413. The molecule has 16 heavy (non-hydrogen) atoms. The lowest BCUT2D eigenvalue weighted by atomic mass is 10.1. The van der Waals surface area contributed by atoms with Gasteiger partial charge in [0, 0.05) is 25.1 Å². The van der Waals surface area contributed by atoms with Crippen LogP contribution >= 0.6 is 0 Å². The Bertz CT molecular complexity index is 443. The van der Waals surface area contributed by atoms with Gasteiger partial charge in [-0.2, -0.15) is 10.5 Å². The van der Waals surface area contributed by atoms with Crippen molar-refractivity contribution in [2.24, 2.45) is 0 Å². The van der Waals surface area contributed by atoms with Crippen LogP contribution in [0.2, 0.25) is 0 Å². The molecule has 0 aliphatic heterocycles. The predicted molar refractivity (Wildman–Crippen MR) is 57.7 cm³/mol. The Hall–Kier alpha value is -1.91. The van der Waals surface area contributed by atoms with Crippen LogP contribution in [-0.4, -0.2) is 18.5 Å². The molecule has 0 radical (unpaired) electrons. The molecule has 0 heterocycles. The summed E-state index contributed by atoms with van der Waals surface area (Å²) in [7, 11) is 1.82. The van der Waals surface area contributed by atoms with Gasteiger partial charge in [-0.25, -0.2) is 4.39 Å².